The first kappa shape index (κ1) is 16.0. The summed E-state index contributed by atoms with van der Waals surface area (Å²) in [6.07, 6.45) is 0. The zero-order chi connectivity index (χ0) is 17.1. The average molecular weight is 316 g/mol. The summed E-state index contributed by atoms with van der Waals surface area (Å²) in [6, 6.07) is 22.6. The number of aromatic hydroxyl groups is 1. The molecule has 0 radical (unpaired) electrons. The Kier molecular flexibility index (Phi) is 4.48. The highest BCUT2D eigenvalue weighted by Gasteiger charge is 2.24. The number of phenols is 1. The fourth-order valence-electron chi connectivity index (χ4n) is 2.90. The maximum Gasteiger partial charge on any atom is 0.174 e. The van der Waals surface area contributed by atoms with Crippen LogP contribution in [0, 0.1) is 13.8 Å². The van der Waals surface area contributed by atoms with Crippen molar-refractivity contribution in [2.45, 2.75) is 19.8 Å². The molecule has 0 aliphatic heterocycles. The Balaban J connectivity index is 2.09. The summed E-state index contributed by atoms with van der Waals surface area (Å²) in [7, 11) is 0. The van der Waals surface area contributed by atoms with Crippen LogP contribution in [0.3, 0.4) is 0 Å². The molecular weight excluding hydrogens is 296 g/mol. The van der Waals surface area contributed by atoms with Gasteiger partial charge in [0.2, 0.25) is 0 Å². The van der Waals surface area contributed by atoms with Gasteiger partial charge >= 0.3 is 0 Å². The first-order valence-electron chi connectivity index (χ1n) is 8.01. The molecule has 3 aromatic rings. The van der Waals surface area contributed by atoms with Crippen molar-refractivity contribution in [3.8, 4) is 5.75 Å². The summed E-state index contributed by atoms with van der Waals surface area (Å²) in [4.78, 5) is 13.2. The first-order valence-corrected chi connectivity index (χ1v) is 8.01. The normalized spacial score (nSPS) is 11.9. The Hall–Kier alpha value is -2.87. The third kappa shape index (κ3) is 3.38. The van der Waals surface area contributed by atoms with E-state index < -0.39 is 0 Å². The maximum atomic E-state index is 13.2. The van der Waals surface area contributed by atoms with Crippen LogP contribution >= 0.6 is 0 Å². The van der Waals surface area contributed by atoms with Crippen molar-refractivity contribution in [3.05, 3.63) is 101 Å². The average Bonchev–Trinajstić information content (AvgIpc) is 2.57. The lowest BCUT2D eigenvalue weighted by Crippen LogP contribution is -2.14. The summed E-state index contributed by atoms with van der Waals surface area (Å²) in [5.74, 6) is -0.159. The van der Waals surface area contributed by atoms with E-state index in [0.29, 0.717) is 5.56 Å². The fraction of sp³-hybridized carbons (Fsp3) is 0.136. The van der Waals surface area contributed by atoms with Crippen LogP contribution in [0.5, 0.6) is 5.75 Å². The molecule has 0 bridgehead atoms. The lowest BCUT2D eigenvalue weighted by molar-refractivity contribution is 0.0974. The van der Waals surface area contributed by atoms with Crippen molar-refractivity contribution in [3.63, 3.8) is 0 Å². The number of Topliss-reactive ketones (excluding diaryl/α,β-unsaturated/α-hetero) is 1. The summed E-state index contributed by atoms with van der Waals surface area (Å²) in [5, 5.41) is 9.47. The van der Waals surface area contributed by atoms with Crippen LogP contribution in [0.15, 0.2) is 72.8 Å². The van der Waals surface area contributed by atoms with E-state index in [2.05, 4.69) is 6.07 Å². The van der Waals surface area contributed by atoms with Gasteiger partial charge < -0.3 is 5.11 Å². The summed E-state index contributed by atoms with van der Waals surface area (Å²) in [5.41, 5.74) is 4.85. The number of hydrogen-bond donors (Lipinski definition) is 1. The number of ketones is 1. The highest BCUT2D eigenvalue weighted by Crippen LogP contribution is 2.30. The summed E-state index contributed by atoms with van der Waals surface area (Å²) < 4.78 is 0. The molecule has 2 nitrogen and oxygen atoms in total. The van der Waals surface area contributed by atoms with E-state index in [4.69, 9.17) is 0 Å². The first-order chi connectivity index (χ1) is 11.5. The van der Waals surface area contributed by atoms with Gasteiger partial charge in [0.05, 0.1) is 5.92 Å². The second-order valence-electron chi connectivity index (χ2n) is 6.17. The molecule has 0 aromatic heterocycles. The minimum atomic E-state index is -0.352. The smallest absolute Gasteiger partial charge is 0.174 e. The predicted molar refractivity (Wildman–Crippen MR) is 96.6 cm³/mol. The van der Waals surface area contributed by atoms with Gasteiger partial charge in [0.15, 0.2) is 5.78 Å². The van der Waals surface area contributed by atoms with Crippen molar-refractivity contribution < 1.29 is 9.90 Å². The molecule has 0 amide bonds. The van der Waals surface area contributed by atoms with Gasteiger partial charge in [-0.3, -0.25) is 4.79 Å². The topological polar surface area (TPSA) is 37.3 Å². The Morgan fingerprint density at radius 3 is 2.08 bits per heavy atom. The molecule has 120 valence electrons. The molecule has 1 atom stereocenters. The van der Waals surface area contributed by atoms with Crippen molar-refractivity contribution >= 4 is 5.78 Å². The predicted octanol–water partition coefficient (Wildman–Crippen LogP) is 5.02. The van der Waals surface area contributed by atoms with Gasteiger partial charge in [-0.15, -0.1) is 0 Å². The molecule has 0 saturated heterocycles. The van der Waals surface area contributed by atoms with E-state index in [1.807, 2.05) is 56.3 Å². The van der Waals surface area contributed by atoms with Crippen LogP contribution in [0.25, 0.3) is 0 Å². The number of aryl methyl sites for hydroxylation is 2. The van der Waals surface area contributed by atoms with Crippen LogP contribution in [-0.2, 0) is 0 Å². The highest BCUT2D eigenvalue weighted by atomic mass is 16.3. The number of benzene rings is 3. The van der Waals surface area contributed by atoms with E-state index >= 15 is 0 Å². The minimum Gasteiger partial charge on any atom is -0.508 e. The summed E-state index contributed by atoms with van der Waals surface area (Å²) >= 11 is 0. The van der Waals surface area contributed by atoms with Gasteiger partial charge in [-0.25, -0.2) is 0 Å². The Labute approximate surface area is 142 Å². The Morgan fingerprint density at radius 1 is 0.792 bits per heavy atom. The lowest BCUT2D eigenvalue weighted by atomic mass is 9.84. The van der Waals surface area contributed by atoms with E-state index in [-0.39, 0.29) is 17.5 Å². The molecular formula is C22H20O2. The quantitative estimate of drug-likeness (QED) is 0.686. The Bertz CT molecular complexity index is 846. The SMILES string of the molecule is Cc1ccc(C(C(=O)c2ccc(O)cc2)c2cccc(C)c2)cc1. The summed E-state index contributed by atoms with van der Waals surface area (Å²) in [6.45, 7) is 4.06. The van der Waals surface area contributed by atoms with Gasteiger partial charge in [0.25, 0.3) is 0 Å². The molecule has 0 aliphatic rings. The van der Waals surface area contributed by atoms with E-state index in [1.54, 1.807) is 24.3 Å². The third-order valence-electron chi connectivity index (χ3n) is 4.20. The molecule has 1 N–H and O–H groups in total. The van der Waals surface area contributed by atoms with Gasteiger partial charge in [0, 0.05) is 5.56 Å². The molecule has 0 fully saturated rings. The second-order valence-corrected chi connectivity index (χ2v) is 6.17. The molecule has 3 aromatic carbocycles. The van der Waals surface area contributed by atoms with E-state index in [1.165, 1.54) is 5.56 Å². The van der Waals surface area contributed by atoms with Crippen LogP contribution in [-0.4, -0.2) is 10.9 Å². The van der Waals surface area contributed by atoms with Gasteiger partial charge in [-0.05, 0) is 49.2 Å². The standard InChI is InChI=1S/C22H20O2/c1-15-6-8-17(9-7-15)21(19-5-3-4-16(2)14-19)22(24)18-10-12-20(23)13-11-18/h3-14,21,23H,1-2H3. The number of phenolic OH excluding ortho intramolecular Hbond substituents is 1. The number of carbonyl (C=O) groups is 1. The second kappa shape index (κ2) is 6.71. The number of hydrogen-bond acceptors (Lipinski definition) is 2. The van der Waals surface area contributed by atoms with Crippen LogP contribution in [0.4, 0.5) is 0 Å². The zero-order valence-corrected chi connectivity index (χ0v) is 13.9. The van der Waals surface area contributed by atoms with Gasteiger partial charge in [-0.1, -0.05) is 59.7 Å². The molecule has 0 spiro atoms. The van der Waals surface area contributed by atoms with Crippen LogP contribution < -0.4 is 0 Å². The molecule has 0 heterocycles. The molecule has 24 heavy (non-hydrogen) atoms. The van der Waals surface area contributed by atoms with Crippen molar-refractivity contribution in [1.82, 2.24) is 0 Å². The van der Waals surface area contributed by atoms with Gasteiger partial charge in [0.1, 0.15) is 5.75 Å². The van der Waals surface area contributed by atoms with Crippen molar-refractivity contribution in [2.75, 3.05) is 0 Å². The van der Waals surface area contributed by atoms with Crippen LogP contribution in [0.2, 0.25) is 0 Å². The zero-order valence-electron chi connectivity index (χ0n) is 13.9. The monoisotopic (exact) mass is 316 g/mol. The fourth-order valence-corrected chi connectivity index (χ4v) is 2.90. The largest absolute Gasteiger partial charge is 0.508 e. The van der Waals surface area contributed by atoms with Crippen LogP contribution in [0.1, 0.15) is 38.5 Å². The molecule has 1 unspecified atom stereocenters. The lowest BCUT2D eigenvalue weighted by Gasteiger charge is -2.18. The van der Waals surface area contributed by atoms with E-state index in [0.717, 1.165) is 16.7 Å². The molecule has 0 aliphatic carbocycles. The molecule has 3 rings (SSSR count). The molecule has 2 heteroatoms. The van der Waals surface area contributed by atoms with Crippen molar-refractivity contribution in [1.29, 1.82) is 0 Å². The molecule has 0 saturated carbocycles. The van der Waals surface area contributed by atoms with Gasteiger partial charge in [-0.2, -0.15) is 0 Å². The minimum absolute atomic E-state index is 0.0319. The number of rotatable bonds is 4. The number of carbonyl (C=O) groups excluding carboxylic acids is 1. The van der Waals surface area contributed by atoms with E-state index in [9.17, 15) is 9.90 Å². The van der Waals surface area contributed by atoms with Crippen molar-refractivity contribution in [2.24, 2.45) is 0 Å². The third-order valence-corrected chi connectivity index (χ3v) is 4.20. The highest BCUT2D eigenvalue weighted by molar-refractivity contribution is 6.03. The Morgan fingerprint density at radius 2 is 1.46 bits per heavy atom. The maximum absolute atomic E-state index is 13.2.